The predicted molar refractivity (Wildman–Crippen MR) is 69.0 cm³/mol. The van der Waals surface area contributed by atoms with Gasteiger partial charge in [0.1, 0.15) is 0 Å². The molecule has 0 aliphatic rings. The lowest BCUT2D eigenvalue weighted by Crippen LogP contribution is -2.29. The molecule has 0 saturated heterocycles. The van der Waals surface area contributed by atoms with Gasteiger partial charge in [-0.05, 0) is 38.8 Å². The van der Waals surface area contributed by atoms with Gasteiger partial charge >= 0.3 is 0 Å². The zero-order valence-electron chi connectivity index (χ0n) is 11.3. The Bertz CT molecular complexity index is 125. The molecule has 0 spiro atoms. The zero-order chi connectivity index (χ0) is 12.1. The maximum absolute atomic E-state index is 5.61. The van der Waals surface area contributed by atoms with Crippen molar-refractivity contribution in [3.8, 4) is 0 Å². The van der Waals surface area contributed by atoms with E-state index < -0.39 is 0 Å². The van der Waals surface area contributed by atoms with Crippen molar-refractivity contribution < 1.29 is 9.47 Å². The van der Waals surface area contributed by atoms with Crippen LogP contribution in [0.25, 0.3) is 0 Å². The monoisotopic (exact) mass is 231 g/mol. The van der Waals surface area contributed by atoms with Crippen LogP contribution in [0, 0.1) is 0 Å². The van der Waals surface area contributed by atoms with Crippen LogP contribution < -0.4 is 0 Å². The summed E-state index contributed by atoms with van der Waals surface area (Å²) in [7, 11) is 1.74. The topological polar surface area (TPSA) is 21.7 Å². The van der Waals surface area contributed by atoms with Gasteiger partial charge in [0.2, 0.25) is 0 Å². The van der Waals surface area contributed by atoms with Crippen molar-refractivity contribution in [2.24, 2.45) is 0 Å². The van der Waals surface area contributed by atoms with Gasteiger partial charge in [-0.3, -0.25) is 0 Å². The fraction of sp³-hybridized carbons (Fsp3) is 1.00. The van der Waals surface area contributed by atoms with E-state index >= 15 is 0 Å². The van der Waals surface area contributed by atoms with Crippen molar-refractivity contribution in [2.75, 3.05) is 46.6 Å². The van der Waals surface area contributed by atoms with Crippen molar-refractivity contribution in [1.29, 1.82) is 0 Å². The molecule has 0 aromatic heterocycles. The molecule has 0 bridgehead atoms. The van der Waals surface area contributed by atoms with Crippen LogP contribution in [0.5, 0.6) is 0 Å². The first-order valence-corrected chi connectivity index (χ1v) is 6.64. The average Bonchev–Trinajstić information content (AvgIpc) is 2.28. The second-order valence-corrected chi connectivity index (χ2v) is 4.15. The van der Waals surface area contributed by atoms with Crippen LogP contribution in [0.4, 0.5) is 0 Å². The summed E-state index contributed by atoms with van der Waals surface area (Å²) in [5.74, 6) is 0. The summed E-state index contributed by atoms with van der Waals surface area (Å²) in [6.07, 6.45) is 4.67. The molecule has 0 fully saturated rings. The van der Waals surface area contributed by atoms with Crippen LogP contribution in [0.3, 0.4) is 0 Å². The maximum atomic E-state index is 5.61. The molecule has 0 aliphatic heterocycles. The summed E-state index contributed by atoms with van der Waals surface area (Å²) < 4.78 is 10.6. The zero-order valence-corrected chi connectivity index (χ0v) is 11.3. The van der Waals surface area contributed by atoms with Crippen LogP contribution in [0.2, 0.25) is 0 Å². The number of hydrogen-bond acceptors (Lipinski definition) is 3. The average molecular weight is 231 g/mol. The molecular weight excluding hydrogens is 202 g/mol. The summed E-state index contributed by atoms with van der Waals surface area (Å²) in [4.78, 5) is 2.48. The van der Waals surface area contributed by atoms with Crippen molar-refractivity contribution >= 4 is 0 Å². The van der Waals surface area contributed by atoms with E-state index in [1.165, 1.54) is 25.9 Å². The van der Waals surface area contributed by atoms with Gasteiger partial charge in [0.15, 0.2) is 0 Å². The highest BCUT2D eigenvalue weighted by Crippen LogP contribution is 1.95. The van der Waals surface area contributed by atoms with Gasteiger partial charge in [0.05, 0.1) is 6.61 Å². The minimum absolute atomic E-state index is 0.848. The van der Waals surface area contributed by atoms with Crippen molar-refractivity contribution in [1.82, 2.24) is 4.90 Å². The van der Waals surface area contributed by atoms with Crippen LogP contribution in [-0.4, -0.2) is 51.5 Å². The molecule has 0 aliphatic carbocycles. The van der Waals surface area contributed by atoms with E-state index in [1.54, 1.807) is 7.11 Å². The van der Waals surface area contributed by atoms with Gasteiger partial charge in [0.25, 0.3) is 0 Å². The first kappa shape index (κ1) is 15.9. The Morgan fingerprint density at radius 3 is 2.00 bits per heavy atom. The third kappa shape index (κ3) is 10.4. The van der Waals surface area contributed by atoms with Gasteiger partial charge in [-0.2, -0.15) is 0 Å². The predicted octanol–water partition coefficient (Wildman–Crippen LogP) is 2.55. The van der Waals surface area contributed by atoms with Crippen LogP contribution in [0.1, 0.15) is 39.5 Å². The highest BCUT2D eigenvalue weighted by atomic mass is 16.5. The van der Waals surface area contributed by atoms with Crippen molar-refractivity contribution in [2.45, 2.75) is 39.5 Å². The van der Waals surface area contributed by atoms with E-state index in [-0.39, 0.29) is 0 Å². The fourth-order valence-electron chi connectivity index (χ4n) is 1.71. The maximum Gasteiger partial charge on any atom is 0.0593 e. The van der Waals surface area contributed by atoms with Gasteiger partial charge in [-0.25, -0.2) is 0 Å². The highest BCUT2D eigenvalue weighted by molar-refractivity contribution is 4.55. The summed E-state index contributed by atoms with van der Waals surface area (Å²) in [6.45, 7) is 10.5. The van der Waals surface area contributed by atoms with Crippen molar-refractivity contribution in [3.05, 3.63) is 0 Å². The number of nitrogens with zero attached hydrogens (tertiary/aromatic N) is 1. The van der Waals surface area contributed by atoms with Gasteiger partial charge < -0.3 is 14.4 Å². The lowest BCUT2D eigenvalue weighted by atomic mass is 10.3. The Morgan fingerprint density at radius 1 is 0.812 bits per heavy atom. The Morgan fingerprint density at radius 2 is 1.44 bits per heavy atom. The second-order valence-electron chi connectivity index (χ2n) is 4.15. The molecule has 0 unspecified atom stereocenters. The third-order valence-corrected chi connectivity index (χ3v) is 2.52. The molecule has 0 rings (SSSR count). The van der Waals surface area contributed by atoms with E-state index in [1.807, 2.05) is 0 Å². The minimum atomic E-state index is 0.848. The SMILES string of the molecule is CCCN(CCC)CCOCCCCOC. The smallest absolute Gasteiger partial charge is 0.0593 e. The van der Waals surface area contributed by atoms with Crippen LogP contribution >= 0.6 is 0 Å². The Balaban J connectivity index is 3.25. The lowest BCUT2D eigenvalue weighted by Gasteiger charge is -2.20. The molecule has 98 valence electrons. The standard InChI is InChI=1S/C13H29NO2/c1-4-8-14(9-5-2)10-13-16-12-7-6-11-15-3/h4-13H2,1-3H3. The van der Waals surface area contributed by atoms with E-state index in [0.29, 0.717) is 0 Å². The molecule has 3 heteroatoms. The molecule has 0 heterocycles. The molecule has 0 radical (unpaired) electrons. The van der Waals surface area contributed by atoms with Gasteiger partial charge in [-0.1, -0.05) is 13.8 Å². The quantitative estimate of drug-likeness (QED) is 0.482. The molecule has 0 aromatic rings. The number of ether oxygens (including phenoxy) is 2. The normalized spacial score (nSPS) is 11.2. The van der Waals surface area contributed by atoms with Crippen molar-refractivity contribution in [3.63, 3.8) is 0 Å². The van der Waals surface area contributed by atoms with Gasteiger partial charge in [0, 0.05) is 26.9 Å². The number of rotatable bonds is 12. The first-order chi connectivity index (χ1) is 7.85. The summed E-state index contributed by atoms with van der Waals surface area (Å²) in [6, 6.07) is 0. The minimum Gasteiger partial charge on any atom is -0.385 e. The first-order valence-electron chi connectivity index (χ1n) is 6.64. The molecule has 0 N–H and O–H groups in total. The summed E-state index contributed by atoms with van der Waals surface area (Å²) in [5.41, 5.74) is 0. The fourth-order valence-corrected chi connectivity index (χ4v) is 1.71. The Labute approximate surface area is 101 Å². The molecule has 3 nitrogen and oxygen atoms in total. The molecule has 0 saturated carbocycles. The van der Waals surface area contributed by atoms with E-state index in [0.717, 1.165) is 39.2 Å². The molecule has 0 aromatic carbocycles. The largest absolute Gasteiger partial charge is 0.385 e. The van der Waals surface area contributed by atoms with Gasteiger partial charge in [-0.15, -0.1) is 0 Å². The number of hydrogen-bond donors (Lipinski definition) is 0. The highest BCUT2D eigenvalue weighted by Gasteiger charge is 2.01. The molecular formula is C13H29NO2. The van der Waals surface area contributed by atoms with E-state index in [4.69, 9.17) is 9.47 Å². The second kappa shape index (κ2) is 12.9. The summed E-state index contributed by atoms with van der Waals surface area (Å²) in [5, 5.41) is 0. The molecule has 16 heavy (non-hydrogen) atoms. The Hall–Kier alpha value is -0.120. The molecule has 0 atom stereocenters. The van der Waals surface area contributed by atoms with Crippen LogP contribution in [-0.2, 0) is 9.47 Å². The van der Waals surface area contributed by atoms with E-state index in [2.05, 4.69) is 18.7 Å². The number of methoxy groups -OCH3 is 1. The molecule has 0 amide bonds. The lowest BCUT2D eigenvalue weighted by molar-refractivity contribution is 0.0947. The Kier molecular flexibility index (Phi) is 12.9. The number of unbranched alkanes of at least 4 members (excludes halogenated alkanes) is 1. The summed E-state index contributed by atoms with van der Waals surface area (Å²) >= 11 is 0. The van der Waals surface area contributed by atoms with E-state index in [9.17, 15) is 0 Å². The third-order valence-electron chi connectivity index (χ3n) is 2.52. The van der Waals surface area contributed by atoms with Crippen LogP contribution in [0.15, 0.2) is 0 Å².